The van der Waals surface area contributed by atoms with Crippen LogP contribution in [-0.4, -0.2) is 31.3 Å². The Morgan fingerprint density at radius 3 is 2.82 bits per heavy atom. The first kappa shape index (κ1) is 18.4. The molecule has 0 atom stereocenters. The van der Waals surface area contributed by atoms with Crippen LogP contribution in [0.1, 0.15) is 43.4 Å². The van der Waals surface area contributed by atoms with Gasteiger partial charge in [0.15, 0.2) is 0 Å². The number of nitrogens with one attached hydrogen (secondary N) is 2. The Morgan fingerprint density at radius 1 is 1.32 bits per heavy atom. The van der Waals surface area contributed by atoms with Crippen LogP contribution in [0.25, 0.3) is 10.9 Å². The van der Waals surface area contributed by atoms with E-state index in [1.807, 2.05) is 33.0 Å². The van der Waals surface area contributed by atoms with Gasteiger partial charge in [0, 0.05) is 42.9 Å². The fourth-order valence-electron chi connectivity index (χ4n) is 3.74. The van der Waals surface area contributed by atoms with Gasteiger partial charge >= 0.3 is 0 Å². The van der Waals surface area contributed by atoms with Crippen molar-refractivity contribution in [3.63, 3.8) is 0 Å². The number of aromatic nitrogens is 3. The van der Waals surface area contributed by atoms with Crippen LogP contribution in [0.2, 0.25) is 0 Å². The molecule has 0 bridgehead atoms. The average Bonchev–Trinajstić information content (AvgIpc) is 3.03. The monoisotopic (exact) mass is 381 g/mol. The molecule has 1 aliphatic heterocycles. The van der Waals surface area contributed by atoms with Gasteiger partial charge in [-0.25, -0.2) is 4.98 Å². The maximum Gasteiger partial charge on any atom is 0.279 e. The summed E-state index contributed by atoms with van der Waals surface area (Å²) in [5.41, 5.74) is 2.99. The van der Waals surface area contributed by atoms with E-state index in [2.05, 4.69) is 14.9 Å². The standard InChI is InChI=1S/C20H23N5O3/c1-20(2,3)19-22-15-11-24(8-7-13(15)18(26)23-19)10-12-9-21-14-5-4-6-16(17(12)14)25(27)28/h4-6,9,21H,7-8,10-11H2,1-3H3,(H,22,23,26). The minimum absolute atomic E-state index is 0.0580. The number of non-ortho nitro benzene ring substituents is 1. The van der Waals surface area contributed by atoms with Gasteiger partial charge in [0.05, 0.1) is 21.5 Å². The average molecular weight is 381 g/mol. The topological polar surface area (TPSA) is 108 Å². The molecule has 0 unspecified atom stereocenters. The van der Waals surface area contributed by atoms with Crippen LogP contribution in [0.4, 0.5) is 5.69 Å². The molecular formula is C20H23N5O3. The minimum Gasteiger partial charge on any atom is -0.361 e. The smallest absolute Gasteiger partial charge is 0.279 e. The molecular weight excluding hydrogens is 358 g/mol. The van der Waals surface area contributed by atoms with Crippen molar-refractivity contribution in [2.45, 2.75) is 45.7 Å². The maximum absolute atomic E-state index is 12.5. The number of nitro groups is 1. The van der Waals surface area contributed by atoms with Crippen LogP contribution < -0.4 is 5.56 Å². The van der Waals surface area contributed by atoms with E-state index in [1.54, 1.807) is 6.07 Å². The molecule has 3 aromatic rings. The van der Waals surface area contributed by atoms with E-state index in [1.165, 1.54) is 6.07 Å². The van der Waals surface area contributed by atoms with Crippen LogP contribution in [0.3, 0.4) is 0 Å². The molecule has 4 rings (SSSR count). The van der Waals surface area contributed by atoms with Gasteiger partial charge in [-0.3, -0.25) is 19.8 Å². The van der Waals surface area contributed by atoms with Gasteiger partial charge in [0.25, 0.3) is 11.2 Å². The maximum atomic E-state index is 12.5. The second-order valence-corrected chi connectivity index (χ2v) is 8.32. The number of benzene rings is 1. The Morgan fingerprint density at radius 2 is 2.11 bits per heavy atom. The van der Waals surface area contributed by atoms with E-state index in [9.17, 15) is 14.9 Å². The van der Waals surface area contributed by atoms with E-state index in [-0.39, 0.29) is 21.6 Å². The number of fused-ring (bicyclic) bond motifs is 2. The molecule has 0 aliphatic carbocycles. The summed E-state index contributed by atoms with van der Waals surface area (Å²) < 4.78 is 0. The van der Waals surface area contributed by atoms with Crippen LogP contribution in [0, 0.1) is 10.1 Å². The number of rotatable bonds is 3. The van der Waals surface area contributed by atoms with Gasteiger partial charge in [-0.2, -0.15) is 0 Å². The molecule has 146 valence electrons. The molecule has 0 fully saturated rings. The van der Waals surface area contributed by atoms with E-state index in [0.29, 0.717) is 37.3 Å². The molecule has 2 aromatic heterocycles. The zero-order valence-corrected chi connectivity index (χ0v) is 16.2. The zero-order valence-electron chi connectivity index (χ0n) is 16.2. The van der Waals surface area contributed by atoms with Gasteiger partial charge in [0.1, 0.15) is 5.82 Å². The van der Waals surface area contributed by atoms with Gasteiger partial charge in [-0.15, -0.1) is 0 Å². The summed E-state index contributed by atoms with van der Waals surface area (Å²) in [7, 11) is 0. The fourth-order valence-corrected chi connectivity index (χ4v) is 3.74. The molecule has 8 nitrogen and oxygen atoms in total. The Kier molecular flexibility index (Phi) is 4.30. The van der Waals surface area contributed by atoms with Crippen molar-refractivity contribution in [2.75, 3.05) is 6.54 Å². The molecule has 28 heavy (non-hydrogen) atoms. The predicted molar refractivity (Wildman–Crippen MR) is 106 cm³/mol. The van der Waals surface area contributed by atoms with Gasteiger partial charge in [-0.1, -0.05) is 26.8 Å². The summed E-state index contributed by atoms with van der Waals surface area (Å²) in [6.07, 6.45) is 2.45. The lowest BCUT2D eigenvalue weighted by atomic mass is 9.95. The summed E-state index contributed by atoms with van der Waals surface area (Å²) >= 11 is 0. The molecule has 0 saturated heterocycles. The van der Waals surface area contributed by atoms with Crippen molar-refractivity contribution in [1.82, 2.24) is 19.9 Å². The lowest BCUT2D eigenvalue weighted by molar-refractivity contribution is -0.383. The lowest BCUT2D eigenvalue weighted by Crippen LogP contribution is -2.36. The van der Waals surface area contributed by atoms with E-state index in [0.717, 1.165) is 22.3 Å². The summed E-state index contributed by atoms with van der Waals surface area (Å²) in [6, 6.07) is 5.05. The highest BCUT2D eigenvalue weighted by Gasteiger charge is 2.26. The number of hydrogen-bond donors (Lipinski definition) is 2. The summed E-state index contributed by atoms with van der Waals surface area (Å²) in [4.78, 5) is 36.5. The molecule has 0 radical (unpaired) electrons. The number of nitrogens with zero attached hydrogens (tertiary/aromatic N) is 3. The van der Waals surface area contributed by atoms with Crippen LogP contribution >= 0.6 is 0 Å². The molecule has 1 aromatic carbocycles. The minimum atomic E-state index is -0.345. The van der Waals surface area contributed by atoms with Crippen molar-refractivity contribution >= 4 is 16.6 Å². The van der Waals surface area contributed by atoms with E-state index >= 15 is 0 Å². The van der Waals surface area contributed by atoms with Gasteiger partial charge in [-0.05, 0) is 18.1 Å². The van der Waals surface area contributed by atoms with Crippen LogP contribution in [0.5, 0.6) is 0 Å². The summed E-state index contributed by atoms with van der Waals surface area (Å²) in [6.45, 7) is 7.87. The Labute approximate surface area is 161 Å². The normalized spacial score (nSPS) is 15.0. The quantitative estimate of drug-likeness (QED) is 0.535. The first-order chi connectivity index (χ1) is 13.2. The van der Waals surface area contributed by atoms with Crippen molar-refractivity contribution in [1.29, 1.82) is 0 Å². The van der Waals surface area contributed by atoms with E-state index in [4.69, 9.17) is 4.98 Å². The molecule has 1 aliphatic rings. The van der Waals surface area contributed by atoms with Gasteiger partial charge < -0.3 is 9.97 Å². The third-order valence-corrected chi connectivity index (χ3v) is 5.22. The van der Waals surface area contributed by atoms with Crippen molar-refractivity contribution in [3.8, 4) is 0 Å². The third kappa shape index (κ3) is 3.20. The first-order valence-electron chi connectivity index (χ1n) is 9.32. The molecule has 0 saturated carbocycles. The number of H-pyrrole nitrogens is 2. The van der Waals surface area contributed by atoms with Crippen molar-refractivity contribution < 1.29 is 4.92 Å². The van der Waals surface area contributed by atoms with Crippen molar-refractivity contribution in [3.05, 3.63) is 67.5 Å². The second kappa shape index (κ2) is 6.56. The Hall–Kier alpha value is -3.00. The SMILES string of the molecule is CC(C)(C)c1nc2c(c(=O)[nH]1)CCN(Cc1c[nH]c3cccc([N+](=O)[O-])c13)C2. The number of nitro benzene ring substituents is 1. The lowest BCUT2D eigenvalue weighted by Gasteiger charge is -2.28. The molecule has 3 heterocycles. The highest BCUT2D eigenvalue weighted by molar-refractivity contribution is 5.91. The largest absolute Gasteiger partial charge is 0.361 e. The Balaban J connectivity index is 1.66. The van der Waals surface area contributed by atoms with Gasteiger partial charge in [0.2, 0.25) is 0 Å². The molecule has 0 amide bonds. The third-order valence-electron chi connectivity index (χ3n) is 5.22. The summed E-state index contributed by atoms with van der Waals surface area (Å²) in [5.74, 6) is 0.681. The van der Waals surface area contributed by atoms with E-state index < -0.39 is 0 Å². The molecule has 8 heteroatoms. The second-order valence-electron chi connectivity index (χ2n) is 8.32. The number of aromatic amines is 2. The highest BCUT2D eigenvalue weighted by Crippen LogP contribution is 2.30. The first-order valence-corrected chi connectivity index (χ1v) is 9.32. The van der Waals surface area contributed by atoms with Crippen LogP contribution in [-0.2, 0) is 24.9 Å². The highest BCUT2D eigenvalue weighted by atomic mass is 16.6. The molecule has 2 N–H and O–H groups in total. The summed E-state index contributed by atoms with van der Waals surface area (Å²) in [5, 5.41) is 12.1. The molecule has 0 spiro atoms. The predicted octanol–water partition coefficient (Wildman–Crippen LogP) is 3.02. The zero-order chi connectivity index (χ0) is 20.1. The number of hydrogen-bond acceptors (Lipinski definition) is 5. The van der Waals surface area contributed by atoms with Crippen molar-refractivity contribution in [2.24, 2.45) is 0 Å². The van der Waals surface area contributed by atoms with Crippen LogP contribution in [0.15, 0.2) is 29.2 Å². The Bertz CT molecular complexity index is 1120. The fraction of sp³-hybridized carbons (Fsp3) is 0.400.